The number of hydrogen-bond acceptors (Lipinski definition) is 8. The van der Waals surface area contributed by atoms with E-state index in [1.165, 1.54) is 0 Å². The SMILES string of the molecule is COc1cc(CNCCN2CCOC2=O)ccc1OC[C@@H](O)CN1CCOCC1. The Balaban J connectivity index is 1.41. The lowest BCUT2D eigenvalue weighted by molar-refractivity contribution is 0.00445. The van der Waals surface area contributed by atoms with Gasteiger partial charge in [0.25, 0.3) is 0 Å². The van der Waals surface area contributed by atoms with Gasteiger partial charge in [0.15, 0.2) is 11.5 Å². The summed E-state index contributed by atoms with van der Waals surface area (Å²) in [6.07, 6.45) is -0.817. The van der Waals surface area contributed by atoms with Gasteiger partial charge in [-0.3, -0.25) is 4.90 Å². The first-order valence-electron chi connectivity index (χ1n) is 10.1. The van der Waals surface area contributed by atoms with E-state index in [2.05, 4.69) is 10.2 Å². The zero-order chi connectivity index (χ0) is 20.5. The number of carbonyl (C=O) groups excluding carboxylic acids is 1. The molecule has 1 aromatic carbocycles. The summed E-state index contributed by atoms with van der Waals surface area (Å²) in [6, 6.07) is 5.74. The maximum absolute atomic E-state index is 11.4. The molecule has 3 rings (SSSR count). The molecule has 2 N–H and O–H groups in total. The normalized spacial score (nSPS) is 18.6. The van der Waals surface area contributed by atoms with E-state index < -0.39 is 6.10 Å². The average Bonchev–Trinajstić information content (AvgIpc) is 3.15. The minimum atomic E-state index is -0.573. The lowest BCUT2D eigenvalue weighted by Gasteiger charge is -2.28. The van der Waals surface area contributed by atoms with Crippen molar-refractivity contribution in [1.82, 2.24) is 15.1 Å². The number of ether oxygens (including phenoxy) is 4. The van der Waals surface area contributed by atoms with Gasteiger partial charge in [0.1, 0.15) is 19.3 Å². The Kier molecular flexibility index (Phi) is 8.36. The summed E-state index contributed by atoms with van der Waals surface area (Å²) >= 11 is 0. The molecule has 162 valence electrons. The van der Waals surface area contributed by atoms with Crippen molar-refractivity contribution in [1.29, 1.82) is 0 Å². The first-order valence-corrected chi connectivity index (χ1v) is 10.1. The Morgan fingerprint density at radius 3 is 2.76 bits per heavy atom. The third kappa shape index (κ3) is 6.74. The van der Waals surface area contributed by atoms with Crippen LogP contribution in [0.25, 0.3) is 0 Å². The summed E-state index contributed by atoms with van der Waals surface area (Å²) in [5.74, 6) is 1.24. The maximum Gasteiger partial charge on any atom is 0.409 e. The van der Waals surface area contributed by atoms with Crippen LogP contribution in [0.5, 0.6) is 11.5 Å². The molecule has 29 heavy (non-hydrogen) atoms. The van der Waals surface area contributed by atoms with E-state index in [4.69, 9.17) is 18.9 Å². The number of benzene rings is 1. The van der Waals surface area contributed by atoms with Crippen LogP contribution >= 0.6 is 0 Å². The molecule has 2 aliphatic rings. The molecule has 0 unspecified atom stereocenters. The first-order chi connectivity index (χ1) is 14.2. The highest BCUT2D eigenvalue weighted by Crippen LogP contribution is 2.28. The third-order valence-corrected chi connectivity index (χ3v) is 4.96. The molecule has 0 aliphatic carbocycles. The number of carbonyl (C=O) groups is 1. The number of rotatable bonds is 11. The fraction of sp³-hybridized carbons (Fsp3) is 0.650. The number of cyclic esters (lactones) is 1. The number of nitrogens with zero attached hydrogens (tertiary/aromatic N) is 2. The summed E-state index contributed by atoms with van der Waals surface area (Å²) in [4.78, 5) is 15.3. The predicted molar refractivity (Wildman–Crippen MR) is 106 cm³/mol. The van der Waals surface area contributed by atoms with E-state index in [1.54, 1.807) is 12.0 Å². The van der Waals surface area contributed by atoms with Crippen molar-refractivity contribution in [3.8, 4) is 11.5 Å². The van der Waals surface area contributed by atoms with E-state index in [-0.39, 0.29) is 12.7 Å². The molecule has 0 aromatic heterocycles. The van der Waals surface area contributed by atoms with Crippen LogP contribution in [0.4, 0.5) is 4.79 Å². The van der Waals surface area contributed by atoms with Crippen LogP contribution in [0.15, 0.2) is 18.2 Å². The summed E-state index contributed by atoms with van der Waals surface area (Å²) in [7, 11) is 1.60. The molecular formula is C20H31N3O6. The molecule has 1 atom stereocenters. The Hall–Kier alpha value is -2.07. The van der Waals surface area contributed by atoms with Crippen molar-refractivity contribution in [3.63, 3.8) is 0 Å². The van der Waals surface area contributed by atoms with Gasteiger partial charge in [0.05, 0.1) is 26.9 Å². The second kappa shape index (κ2) is 11.2. The molecule has 2 fully saturated rings. The lowest BCUT2D eigenvalue weighted by Crippen LogP contribution is -2.42. The topological polar surface area (TPSA) is 92.7 Å². The molecular weight excluding hydrogens is 378 g/mol. The van der Waals surface area contributed by atoms with Crippen molar-refractivity contribution in [2.75, 3.05) is 72.8 Å². The van der Waals surface area contributed by atoms with Gasteiger partial charge in [-0.1, -0.05) is 6.07 Å². The Labute approximate surface area is 171 Å². The Morgan fingerprint density at radius 2 is 2.03 bits per heavy atom. The van der Waals surface area contributed by atoms with Gasteiger partial charge >= 0.3 is 6.09 Å². The van der Waals surface area contributed by atoms with Crippen LogP contribution in [0.1, 0.15) is 5.56 Å². The predicted octanol–water partition coefficient (Wildman–Crippen LogP) is 0.309. The fourth-order valence-corrected chi connectivity index (χ4v) is 3.34. The molecule has 9 heteroatoms. The molecule has 2 saturated heterocycles. The second-order valence-electron chi connectivity index (χ2n) is 7.14. The number of aliphatic hydroxyl groups excluding tert-OH is 1. The number of amides is 1. The van der Waals surface area contributed by atoms with E-state index in [0.717, 1.165) is 18.7 Å². The van der Waals surface area contributed by atoms with Crippen molar-refractivity contribution < 1.29 is 28.8 Å². The maximum atomic E-state index is 11.4. The third-order valence-electron chi connectivity index (χ3n) is 4.96. The van der Waals surface area contributed by atoms with Gasteiger partial charge < -0.3 is 34.3 Å². The molecule has 1 amide bonds. The summed E-state index contributed by atoms with van der Waals surface area (Å²) < 4.78 is 21.4. The van der Waals surface area contributed by atoms with Crippen molar-refractivity contribution in [2.45, 2.75) is 12.6 Å². The summed E-state index contributed by atoms with van der Waals surface area (Å²) in [5, 5.41) is 13.6. The second-order valence-corrected chi connectivity index (χ2v) is 7.14. The van der Waals surface area contributed by atoms with E-state index in [9.17, 15) is 9.90 Å². The molecule has 1 aromatic rings. The number of methoxy groups -OCH3 is 1. The average molecular weight is 409 g/mol. The van der Waals surface area contributed by atoms with Crippen LogP contribution in [0.2, 0.25) is 0 Å². The highest BCUT2D eigenvalue weighted by Gasteiger charge is 2.20. The molecule has 2 aliphatic heterocycles. The van der Waals surface area contributed by atoms with Crippen LogP contribution in [0, 0.1) is 0 Å². The zero-order valence-electron chi connectivity index (χ0n) is 17.0. The highest BCUT2D eigenvalue weighted by molar-refractivity contribution is 5.69. The molecule has 0 saturated carbocycles. The lowest BCUT2D eigenvalue weighted by atomic mass is 10.2. The van der Waals surface area contributed by atoms with Crippen LogP contribution in [-0.2, 0) is 16.0 Å². The van der Waals surface area contributed by atoms with Crippen LogP contribution in [0.3, 0.4) is 0 Å². The standard InChI is InChI=1S/C20H31N3O6/c1-26-19-12-16(13-21-4-5-23-8-11-28-20(23)25)2-3-18(19)29-15-17(24)14-22-6-9-27-10-7-22/h2-3,12,17,21,24H,4-11,13-15H2,1H3/t17-/m0/s1. The van der Waals surface area contributed by atoms with Gasteiger partial charge in [-0.25, -0.2) is 4.79 Å². The van der Waals surface area contributed by atoms with E-state index in [1.807, 2.05) is 18.2 Å². The number of aliphatic hydroxyl groups is 1. The van der Waals surface area contributed by atoms with E-state index >= 15 is 0 Å². The first kappa shape index (κ1) is 21.6. The monoisotopic (exact) mass is 409 g/mol. The molecule has 2 heterocycles. The number of hydrogen-bond donors (Lipinski definition) is 2. The highest BCUT2D eigenvalue weighted by atomic mass is 16.6. The minimum Gasteiger partial charge on any atom is -0.493 e. The number of nitrogens with one attached hydrogen (secondary N) is 1. The molecule has 0 radical (unpaired) electrons. The van der Waals surface area contributed by atoms with Crippen molar-refractivity contribution in [3.05, 3.63) is 23.8 Å². The van der Waals surface area contributed by atoms with Crippen LogP contribution in [-0.4, -0.2) is 99.9 Å². The largest absolute Gasteiger partial charge is 0.493 e. The molecule has 0 bridgehead atoms. The number of β-amino-alcohol motifs (C(OH)–C–C–N with tert-alkyl or cyclic N) is 1. The quantitative estimate of drug-likeness (QED) is 0.505. The number of morpholine rings is 1. The van der Waals surface area contributed by atoms with Crippen molar-refractivity contribution in [2.24, 2.45) is 0 Å². The van der Waals surface area contributed by atoms with Crippen LogP contribution < -0.4 is 14.8 Å². The summed E-state index contributed by atoms with van der Waals surface area (Å²) in [5.41, 5.74) is 1.05. The smallest absolute Gasteiger partial charge is 0.409 e. The zero-order valence-corrected chi connectivity index (χ0v) is 17.0. The van der Waals surface area contributed by atoms with E-state index in [0.29, 0.717) is 64.0 Å². The van der Waals surface area contributed by atoms with Gasteiger partial charge in [0.2, 0.25) is 0 Å². The van der Waals surface area contributed by atoms with Gasteiger partial charge in [-0.2, -0.15) is 0 Å². The molecule has 0 spiro atoms. The minimum absolute atomic E-state index is 0.206. The van der Waals surface area contributed by atoms with Gasteiger partial charge in [-0.05, 0) is 17.7 Å². The fourth-order valence-electron chi connectivity index (χ4n) is 3.34. The molecule has 9 nitrogen and oxygen atoms in total. The Bertz CT molecular complexity index is 653. The van der Waals surface area contributed by atoms with Gasteiger partial charge in [0, 0.05) is 39.3 Å². The summed E-state index contributed by atoms with van der Waals surface area (Å²) in [6.45, 7) is 6.94. The van der Waals surface area contributed by atoms with Gasteiger partial charge in [-0.15, -0.1) is 0 Å². The Morgan fingerprint density at radius 1 is 1.21 bits per heavy atom. The van der Waals surface area contributed by atoms with Crippen molar-refractivity contribution >= 4 is 6.09 Å².